The van der Waals surface area contributed by atoms with Crippen molar-refractivity contribution < 1.29 is 9.59 Å². The van der Waals surface area contributed by atoms with Gasteiger partial charge in [-0.25, -0.2) is 0 Å². The Labute approximate surface area is 142 Å². The lowest BCUT2D eigenvalue weighted by Gasteiger charge is -2.19. The molecule has 0 bridgehead atoms. The van der Waals surface area contributed by atoms with Gasteiger partial charge < -0.3 is 10.2 Å². The maximum Gasteiger partial charge on any atom is 0.229 e. The SMILES string of the molecule is Cc1ccc(NC(=O)[C@@H]2CC(=O)N(c3ccccc3C)C2)cc1C. The summed E-state index contributed by atoms with van der Waals surface area (Å²) in [6.07, 6.45) is 0.255. The van der Waals surface area contributed by atoms with Crippen LogP contribution in [-0.4, -0.2) is 18.4 Å². The molecule has 3 rings (SSSR count). The number of carbonyl (C=O) groups is 2. The molecule has 1 aliphatic rings. The van der Waals surface area contributed by atoms with Crippen LogP contribution in [0.1, 0.15) is 23.1 Å². The number of benzene rings is 2. The summed E-state index contributed by atoms with van der Waals surface area (Å²) in [4.78, 5) is 26.6. The number of nitrogens with one attached hydrogen (secondary N) is 1. The number of hydrogen-bond donors (Lipinski definition) is 1. The van der Waals surface area contributed by atoms with Crippen molar-refractivity contribution in [1.82, 2.24) is 0 Å². The van der Waals surface area contributed by atoms with Gasteiger partial charge in [-0.2, -0.15) is 0 Å². The fourth-order valence-corrected chi connectivity index (χ4v) is 3.05. The Morgan fingerprint density at radius 1 is 1.04 bits per heavy atom. The summed E-state index contributed by atoms with van der Waals surface area (Å²) >= 11 is 0. The zero-order chi connectivity index (χ0) is 17.3. The van der Waals surface area contributed by atoms with Crippen molar-refractivity contribution in [1.29, 1.82) is 0 Å². The molecule has 1 atom stereocenters. The molecule has 4 heteroatoms. The smallest absolute Gasteiger partial charge is 0.229 e. The maximum absolute atomic E-state index is 12.5. The van der Waals surface area contributed by atoms with Crippen LogP contribution in [0.4, 0.5) is 11.4 Å². The lowest BCUT2D eigenvalue weighted by atomic mass is 10.1. The molecular formula is C20H22N2O2. The highest BCUT2D eigenvalue weighted by Crippen LogP contribution is 2.28. The molecule has 0 spiro atoms. The fraction of sp³-hybridized carbons (Fsp3) is 0.300. The highest BCUT2D eigenvalue weighted by atomic mass is 16.2. The average Bonchev–Trinajstić information content (AvgIpc) is 2.93. The molecule has 0 aromatic heterocycles. The van der Waals surface area contributed by atoms with E-state index in [-0.39, 0.29) is 24.2 Å². The van der Waals surface area contributed by atoms with Crippen LogP contribution in [0.15, 0.2) is 42.5 Å². The number of carbonyl (C=O) groups excluding carboxylic acids is 2. The third-order valence-electron chi connectivity index (χ3n) is 4.68. The van der Waals surface area contributed by atoms with E-state index in [1.807, 2.05) is 63.2 Å². The number of amides is 2. The highest BCUT2D eigenvalue weighted by Gasteiger charge is 2.35. The third-order valence-corrected chi connectivity index (χ3v) is 4.68. The summed E-state index contributed by atoms with van der Waals surface area (Å²) < 4.78 is 0. The van der Waals surface area contributed by atoms with Crippen LogP contribution in [-0.2, 0) is 9.59 Å². The maximum atomic E-state index is 12.5. The van der Waals surface area contributed by atoms with Gasteiger partial charge in [0.15, 0.2) is 0 Å². The molecular weight excluding hydrogens is 300 g/mol. The topological polar surface area (TPSA) is 49.4 Å². The van der Waals surface area contributed by atoms with Gasteiger partial charge in [-0.3, -0.25) is 9.59 Å². The van der Waals surface area contributed by atoms with Crippen molar-refractivity contribution in [2.75, 3.05) is 16.8 Å². The van der Waals surface area contributed by atoms with Gasteiger partial charge in [-0.1, -0.05) is 24.3 Å². The van der Waals surface area contributed by atoms with Gasteiger partial charge in [0.1, 0.15) is 0 Å². The molecule has 1 saturated heterocycles. The average molecular weight is 322 g/mol. The number of nitrogens with zero attached hydrogens (tertiary/aromatic N) is 1. The number of hydrogen-bond acceptors (Lipinski definition) is 2. The van der Waals surface area contributed by atoms with Crippen molar-refractivity contribution in [3.63, 3.8) is 0 Å². The van der Waals surface area contributed by atoms with E-state index in [9.17, 15) is 9.59 Å². The van der Waals surface area contributed by atoms with Crippen molar-refractivity contribution in [3.05, 3.63) is 59.2 Å². The van der Waals surface area contributed by atoms with Crippen LogP contribution in [0.3, 0.4) is 0 Å². The standard InChI is InChI=1S/C20H22N2O2/c1-13-8-9-17(10-15(13)3)21-20(24)16-11-19(23)22(12-16)18-7-5-4-6-14(18)2/h4-10,16H,11-12H2,1-3H3,(H,21,24)/t16-/m1/s1. The lowest BCUT2D eigenvalue weighted by Crippen LogP contribution is -2.28. The Kier molecular flexibility index (Phi) is 4.38. The minimum atomic E-state index is -0.321. The van der Waals surface area contributed by atoms with Gasteiger partial charge in [0, 0.05) is 24.3 Å². The van der Waals surface area contributed by atoms with Gasteiger partial charge in [0.25, 0.3) is 0 Å². The molecule has 4 nitrogen and oxygen atoms in total. The van der Waals surface area contributed by atoms with Gasteiger partial charge in [-0.15, -0.1) is 0 Å². The lowest BCUT2D eigenvalue weighted by molar-refractivity contribution is -0.122. The Balaban J connectivity index is 1.72. The van der Waals surface area contributed by atoms with Crippen LogP contribution in [0.25, 0.3) is 0 Å². The Hall–Kier alpha value is -2.62. The Bertz CT molecular complexity index is 798. The summed E-state index contributed by atoms with van der Waals surface area (Å²) in [7, 11) is 0. The summed E-state index contributed by atoms with van der Waals surface area (Å²) in [6.45, 7) is 6.46. The van der Waals surface area contributed by atoms with E-state index in [1.54, 1.807) is 4.90 Å². The number of aryl methyl sites for hydroxylation is 3. The Morgan fingerprint density at radius 2 is 1.79 bits per heavy atom. The number of para-hydroxylation sites is 1. The minimum absolute atomic E-state index is 0.00420. The predicted molar refractivity (Wildman–Crippen MR) is 96.2 cm³/mol. The van der Waals surface area contributed by atoms with Crippen molar-refractivity contribution in [2.45, 2.75) is 27.2 Å². The van der Waals surface area contributed by atoms with E-state index >= 15 is 0 Å². The van der Waals surface area contributed by atoms with Gasteiger partial charge >= 0.3 is 0 Å². The number of rotatable bonds is 3. The normalized spacial score (nSPS) is 17.2. The first kappa shape index (κ1) is 16.2. The molecule has 24 heavy (non-hydrogen) atoms. The molecule has 1 heterocycles. The molecule has 2 aromatic carbocycles. The second kappa shape index (κ2) is 6.48. The van der Waals surface area contributed by atoms with Gasteiger partial charge in [0.2, 0.25) is 11.8 Å². The fourth-order valence-electron chi connectivity index (χ4n) is 3.05. The molecule has 124 valence electrons. The van der Waals surface area contributed by atoms with Crippen LogP contribution in [0.2, 0.25) is 0 Å². The van der Waals surface area contributed by atoms with E-state index in [1.165, 1.54) is 5.56 Å². The van der Waals surface area contributed by atoms with E-state index in [4.69, 9.17) is 0 Å². The highest BCUT2D eigenvalue weighted by molar-refractivity contribution is 6.03. The zero-order valence-electron chi connectivity index (χ0n) is 14.3. The third kappa shape index (κ3) is 3.18. The summed E-state index contributed by atoms with van der Waals surface area (Å²) in [5.41, 5.74) is 5.04. The molecule has 1 fully saturated rings. The van der Waals surface area contributed by atoms with E-state index in [2.05, 4.69) is 5.32 Å². The summed E-state index contributed by atoms with van der Waals surface area (Å²) in [5, 5.41) is 2.94. The van der Waals surface area contributed by atoms with Crippen LogP contribution in [0, 0.1) is 26.7 Å². The first-order chi connectivity index (χ1) is 11.5. The Morgan fingerprint density at radius 3 is 2.50 bits per heavy atom. The van der Waals surface area contributed by atoms with Crippen molar-refractivity contribution >= 4 is 23.2 Å². The number of anilines is 2. The van der Waals surface area contributed by atoms with Crippen molar-refractivity contribution in [2.24, 2.45) is 5.92 Å². The largest absolute Gasteiger partial charge is 0.326 e. The molecule has 1 aliphatic heterocycles. The molecule has 2 amide bonds. The molecule has 0 unspecified atom stereocenters. The minimum Gasteiger partial charge on any atom is -0.326 e. The predicted octanol–water partition coefficient (Wildman–Crippen LogP) is 3.60. The first-order valence-electron chi connectivity index (χ1n) is 8.20. The summed E-state index contributed by atoms with van der Waals surface area (Å²) in [6, 6.07) is 13.6. The second-order valence-electron chi connectivity index (χ2n) is 6.48. The molecule has 0 saturated carbocycles. The second-order valence-corrected chi connectivity index (χ2v) is 6.48. The van der Waals surface area contributed by atoms with Crippen LogP contribution >= 0.6 is 0 Å². The monoisotopic (exact) mass is 322 g/mol. The van der Waals surface area contributed by atoms with Crippen molar-refractivity contribution in [3.8, 4) is 0 Å². The molecule has 2 aromatic rings. The van der Waals surface area contributed by atoms with Crippen LogP contribution in [0.5, 0.6) is 0 Å². The van der Waals surface area contributed by atoms with E-state index in [0.29, 0.717) is 6.54 Å². The van der Waals surface area contributed by atoms with E-state index in [0.717, 1.165) is 22.5 Å². The summed E-state index contributed by atoms with van der Waals surface area (Å²) in [5.74, 6) is -0.411. The molecule has 0 radical (unpaired) electrons. The molecule has 0 aliphatic carbocycles. The zero-order valence-corrected chi connectivity index (χ0v) is 14.3. The quantitative estimate of drug-likeness (QED) is 0.938. The van der Waals surface area contributed by atoms with E-state index < -0.39 is 0 Å². The first-order valence-corrected chi connectivity index (χ1v) is 8.20. The van der Waals surface area contributed by atoms with Gasteiger partial charge in [-0.05, 0) is 55.7 Å². The molecule has 1 N–H and O–H groups in total. The van der Waals surface area contributed by atoms with Crippen LogP contribution < -0.4 is 10.2 Å². The van der Waals surface area contributed by atoms with Gasteiger partial charge in [0.05, 0.1) is 5.92 Å².